The van der Waals surface area contributed by atoms with Gasteiger partial charge >= 0.3 is 0 Å². The lowest BCUT2D eigenvalue weighted by molar-refractivity contribution is 0.0706. The summed E-state index contributed by atoms with van der Waals surface area (Å²) in [6, 6.07) is 8.07. The zero-order valence-corrected chi connectivity index (χ0v) is 13.2. The molecule has 3 aromatic rings. The van der Waals surface area contributed by atoms with Gasteiger partial charge in [0.25, 0.3) is 5.91 Å². The Morgan fingerprint density at radius 1 is 1.35 bits per heavy atom. The Balaban J connectivity index is 1.63. The Labute approximate surface area is 134 Å². The van der Waals surface area contributed by atoms with Crippen molar-refractivity contribution in [1.82, 2.24) is 19.4 Å². The number of aromatic amines is 1. The van der Waals surface area contributed by atoms with E-state index < -0.39 is 0 Å². The largest absolute Gasteiger partial charge is 0.350 e. The van der Waals surface area contributed by atoms with Crippen molar-refractivity contribution in [2.75, 3.05) is 13.1 Å². The van der Waals surface area contributed by atoms with Crippen LogP contribution in [0.3, 0.4) is 0 Å². The van der Waals surface area contributed by atoms with Gasteiger partial charge in [0.15, 0.2) is 0 Å². The van der Waals surface area contributed by atoms with Crippen molar-refractivity contribution in [2.45, 2.75) is 18.8 Å². The van der Waals surface area contributed by atoms with E-state index in [9.17, 15) is 4.79 Å². The van der Waals surface area contributed by atoms with Gasteiger partial charge in [0.1, 0.15) is 5.82 Å². The molecule has 2 aromatic heterocycles. The first-order chi connectivity index (χ1) is 11.2. The van der Waals surface area contributed by atoms with Gasteiger partial charge in [0.2, 0.25) is 0 Å². The molecule has 5 heteroatoms. The molecule has 0 saturated carbocycles. The fourth-order valence-corrected chi connectivity index (χ4v) is 3.57. The van der Waals surface area contributed by atoms with Crippen LogP contribution in [0.4, 0.5) is 0 Å². The molecule has 1 saturated heterocycles. The number of para-hydroxylation sites is 1. The van der Waals surface area contributed by atoms with Crippen LogP contribution in [0.25, 0.3) is 10.9 Å². The maximum Gasteiger partial charge on any atom is 0.256 e. The van der Waals surface area contributed by atoms with Crippen LogP contribution >= 0.6 is 0 Å². The fourth-order valence-electron chi connectivity index (χ4n) is 3.57. The Kier molecular flexibility index (Phi) is 3.41. The number of benzene rings is 1. The first-order valence-corrected chi connectivity index (χ1v) is 8.06. The molecule has 1 amide bonds. The number of nitrogens with zero attached hydrogens (tertiary/aromatic N) is 3. The van der Waals surface area contributed by atoms with Crippen LogP contribution in [0.2, 0.25) is 0 Å². The van der Waals surface area contributed by atoms with Gasteiger partial charge in [0, 0.05) is 55.5 Å². The highest BCUT2D eigenvalue weighted by molar-refractivity contribution is 6.07. The molecule has 118 valence electrons. The van der Waals surface area contributed by atoms with Crippen molar-refractivity contribution in [3.63, 3.8) is 0 Å². The van der Waals surface area contributed by atoms with Crippen molar-refractivity contribution >= 4 is 16.8 Å². The van der Waals surface area contributed by atoms with Gasteiger partial charge in [-0.3, -0.25) is 4.79 Å². The summed E-state index contributed by atoms with van der Waals surface area (Å²) in [4.78, 5) is 22.5. The molecule has 0 aliphatic carbocycles. The van der Waals surface area contributed by atoms with Crippen molar-refractivity contribution < 1.29 is 4.79 Å². The van der Waals surface area contributed by atoms with Crippen molar-refractivity contribution in [3.05, 3.63) is 54.2 Å². The predicted molar refractivity (Wildman–Crippen MR) is 89.4 cm³/mol. The maximum absolute atomic E-state index is 13.0. The fraction of sp³-hybridized carbons (Fsp3) is 0.333. The smallest absolute Gasteiger partial charge is 0.256 e. The van der Waals surface area contributed by atoms with E-state index in [2.05, 4.69) is 9.97 Å². The minimum absolute atomic E-state index is 0.123. The van der Waals surface area contributed by atoms with E-state index in [0.717, 1.165) is 48.2 Å². The van der Waals surface area contributed by atoms with E-state index in [0.29, 0.717) is 5.92 Å². The lowest BCUT2D eigenvalue weighted by atomic mass is 9.96. The third-order valence-corrected chi connectivity index (χ3v) is 4.74. The second-order valence-electron chi connectivity index (χ2n) is 6.24. The number of hydrogen-bond donors (Lipinski definition) is 1. The lowest BCUT2D eigenvalue weighted by Crippen LogP contribution is -2.39. The summed E-state index contributed by atoms with van der Waals surface area (Å²) in [5, 5.41) is 1.03. The number of fused-ring (bicyclic) bond motifs is 1. The number of aryl methyl sites for hydroxylation is 1. The van der Waals surface area contributed by atoms with E-state index in [1.807, 2.05) is 53.2 Å². The summed E-state index contributed by atoms with van der Waals surface area (Å²) in [6.07, 6.45) is 7.67. The molecule has 23 heavy (non-hydrogen) atoms. The predicted octanol–water partition coefficient (Wildman–Crippen LogP) is 2.92. The van der Waals surface area contributed by atoms with Gasteiger partial charge in [-0.2, -0.15) is 0 Å². The second kappa shape index (κ2) is 5.57. The number of carbonyl (C=O) groups excluding carboxylic acids is 1. The minimum atomic E-state index is 0.123. The summed E-state index contributed by atoms with van der Waals surface area (Å²) in [7, 11) is 1.99. The average Bonchev–Trinajstić information content (AvgIpc) is 3.23. The van der Waals surface area contributed by atoms with Gasteiger partial charge < -0.3 is 14.5 Å². The van der Waals surface area contributed by atoms with Crippen LogP contribution in [0.1, 0.15) is 34.9 Å². The van der Waals surface area contributed by atoms with E-state index in [4.69, 9.17) is 0 Å². The zero-order valence-electron chi connectivity index (χ0n) is 13.2. The van der Waals surface area contributed by atoms with Crippen LogP contribution in [0.5, 0.6) is 0 Å². The van der Waals surface area contributed by atoms with E-state index >= 15 is 0 Å². The molecule has 1 aliphatic rings. The molecular formula is C18H20N4O. The molecular weight excluding hydrogens is 288 g/mol. The van der Waals surface area contributed by atoms with E-state index in [1.54, 1.807) is 6.20 Å². The van der Waals surface area contributed by atoms with E-state index in [-0.39, 0.29) is 5.91 Å². The summed E-state index contributed by atoms with van der Waals surface area (Å²) in [6.45, 7) is 1.55. The number of H-pyrrole nitrogens is 1. The monoisotopic (exact) mass is 308 g/mol. The number of aromatic nitrogens is 3. The molecule has 3 heterocycles. The highest BCUT2D eigenvalue weighted by Gasteiger charge is 2.28. The second-order valence-corrected chi connectivity index (χ2v) is 6.24. The molecule has 1 aliphatic heterocycles. The normalized spacial score (nSPS) is 18.5. The summed E-state index contributed by atoms with van der Waals surface area (Å²) < 4.78 is 2.02. The van der Waals surface area contributed by atoms with Gasteiger partial charge in [-0.05, 0) is 18.9 Å². The van der Waals surface area contributed by atoms with Gasteiger partial charge in [0.05, 0.1) is 5.56 Å². The molecule has 1 fully saturated rings. The number of amides is 1. The van der Waals surface area contributed by atoms with Crippen LogP contribution < -0.4 is 0 Å². The zero-order chi connectivity index (χ0) is 15.8. The molecule has 1 N–H and O–H groups in total. The van der Waals surface area contributed by atoms with Crippen LogP contribution in [0.15, 0.2) is 42.9 Å². The number of carbonyl (C=O) groups is 1. The number of imidazole rings is 1. The SMILES string of the molecule is Cn1cc(C(=O)N2CCC[C@@H](c3ncc[nH]3)C2)c2ccccc21. The standard InChI is InChI=1S/C18H20N4O/c1-21-12-15(14-6-2-3-7-16(14)21)18(23)22-10-4-5-13(11-22)17-19-8-9-20-17/h2-3,6-9,12-13H,4-5,10-11H2,1H3,(H,19,20)/t13-/m1/s1. The van der Waals surface area contributed by atoms with Crippen molar-refractivity contribution in [3.8, 4) is 0 Å². The minimum Gasteiger partial charge on any atom is -0.350 e. The Morgan fingerprint density at radius 2 is 2.22 bits per heavy atom. The summed E-state index contributed by atoms with van der Waals surface area (Å²) in [5.41, 5.74) is 1.89. The van der Waals surface area contributed by atoms with Gasteiger partial charge in [-0.15, -0.1) is 0 Å². The molecule has 5 nitrogen and oxygen atoms in total. The quantitative estimate of drug-likeness (QED) is 0.791. The van der Waals surface area contributed by atoms with Crippen LogP contribution in [0, 0.1) is 0 Å². The number of hydrogen-bond acceptors (Lipinski definition) is 2. The molecule has 0 radical (unpaired) electrons. The number of likely N-dealkylation sites (tertiary alicyclic amines) is 1. The lowest BCUT2D eigenvalue weighted by Gasteiger charge is -2.31. The third-order valence-electron chi connectivity index (χ3n) is 4.74. The van der Waals surface area contributed by atoms with Crippen molar-refractivity contribution in [1.29, 1.82) is 0 Å². The topological polar surface area (TPSA) is 53.9 Å². The Morgan fingerprint density at radius 3 is 3.04 bits per heavy atom. The average molecular weight is 308 g/mol. The summed E-state index contributed by atoms with van der Waals surface area (Å²) in [5.74, 6) is 1.41. The van der Waals surface area contributed by atoms with E-state index in [1.165, 1.54) is 0 Å². The molecule has 1 atom stereocenters. The Bertz CT molecular complexity index is 834. The maximum atomic E-state index is 13.0. The van der Waals surface area contributed by atoms with Gasteiger partial charge in [-0.25, -0.2) is 4.98 Å². The number of nitrogens with one attached hydrogen (secondary N) is 1. The summed E-state index contributed by atoms with van der Waals surface area (Å²) >= 11 is 0. The molecule has 0 spiro atoms. The third kappa shape index (κ3) is 2.42. The molecule has 1 aromatic carbocycles. The van der Waals surface area contributed by atoms with Crippen LogP contribution in [-0.2, 0) is 7.05 Å². The highest BCUT2D eigenvalue weighted by Crippen LogP contribution is 2.27. The van der Waals surface area contributed by atoms with Crippen LogP contribution in [-0.4, -0.2) is 38.4 Å². The first-order valence-electron chi connectivity index (χ1n) is 8.06. The first kappa shape index (κ1) is 14.1. The number of piperidine rings is 1. The molecule has 0 bridgehead atoms. The van der Waals surface area contributed by atoms with Crippen molar-refractivity contribution in [2.24, 2.45) is 7.05 Å². The van der Waals surface area contributed by atoms with Gasteiger partial charge in [-0.1, -0.05) is 18.2 Å². The highest BCUT2D eigenvalue weighted by atomic mass is 16.2. The number of rotatable bonds is 2. The molecule has 4 rings (SSSR count). The Hall–Kier alpha value is -2.56. The molecule has 0 unspecified atom stereocenters.